The van der Waals surface area contributed by atoms with Crippen LogP contribution in [0.2, 0.25) is 0 Å². The van der Waals surface area contributed by atoms with Gasteiger partial charge in [0.1, 0.15) is 36.7 Å². The Labute approximate surface area is 236 Å². The van der Waals surface area contributed by atoms with E-state index in [1.54, 1.807) is 26.0 Å². The molecule has 2 aromatic heterocycles. The molecule has 5 atom stereocenters. The van der Waals surface area contributed by atoms with Crippen LogP contribution in [-0.4, -0.2) is 82.7 Å². The van der Waals surface area contributed by atoms with Crippen molar-refractivity contribution in [1.82, 2.24) is 14.6 Å². The summed E-state index contributed by atoms with van der Waals surface area (Å²) < 4.78 is 39.3. The molecular formula is C26H33N5O10. The van der Waals surface area contributed by atoms with Crippen molar-refractivity contribution in [3.8, 4) is 6.07 Å². The number of aliphatic hydroxyl groups excluding tert-OH is 1. The highest BCUT2D eigenvalue weighted by Crippen LogP contribution is 2.44. The van der Waals surface area contributed by atoms with Gasteiger partial charge in [-0.2, -0.15) is 10.4 Å². The van der Waals surface area contributed by atoms with Gasteiger partial charge in [-0.3, -0.25) is 0 Å². The monoisotopic (exact) mass is 575 g/mol. The van der Waals surface area contributed by atoms with Gasteiger partial charge in [0.25, 0.3) is 6.48 Å². The second-order valence-corrected chi connectivity index (χ2v) is 8.96. The fourth-order valence-electron chi connectivity index (χ4n) is 3.99. The maximum Gasteiger partial charge on any atom is 0.508 e. The minimum Gasteiger partial charge on any atom is -0.434 e. The first-order valence-electron chi connectivity index (χ1n) is 12.7. The second kappa shape index (κ2) is 14.4. The number of carbonyl (C=O) groups is 2. The van der Waals surface area contributed by atoms with Crippen molar-refractivity contribution < 1.29 is 47.9 Å². The van der Waals surface area contributed by atoms with E-state index in [0.29, 0.717) is 18.4 Å². The van der Waals surface area contributed by atoms with Crippen molar-refractivity contribution in [2.75, 3.05) is 25.6 Å². The van der Waals surface area contributed by atoms with Crippen LogP contribution in [-0.2, 0) is 38.8 Å². The normalized spacial score (nSPS) is 22.6. The summed E-state index contributed by atoms with van der Waals surface area (Å²) >= 11 is 0. The van der Waals surface area contributed by atoms with Crippen molar-refractivity contribution in [2.24, 2.45) is 0 Å². The number of nitriles is 1. The van der Waals surface area contributed by atoms with Gasteiger partial charge >= 0.3 is 12.3 Å². The topological polar surface area (TPSA) is 199 Å². The number of ether oxygens (including phenoxy) is 7. The summed E-state index contributed by atoms with van der Waals surface area (Å²) in [6, 6.07) is 5.06. The molecular weight excluding hydrogens is 542 g/mol. The van der Waals surface area contributed by atoms with Crippen molar-refractivity contribution in [3.05, 3.63) is 49.5 Å². The number of anilines is 1. The Morgan fingerprint density at radius 3 is 2.66 bits per heavy atom. The molecule has 0 bridgehead atoms. The van der Waals surface area contributed by atoms with Crippen LogP contribution in [0, 0.1) is 11.3 Å². The summed E-state index contributed by atoms with van der Waals surface area (Å²) in [4.78, 5) is 28.8. The predicted molar refractivity (Wildman–Crippen MR) is 140 cm³/mol. The van der Waals surface area contributed by atoms with Gasteiger partial charge in [-0.1, -0.05) is 12.2 Å². The molecule has 15 heteroatoms. The van der Waals surface area contributed by atoms with Crippen LogP contribution in [0.4, 0.5) is 15.4 Å². The number of hydrogen-bond donors (Lipinski definition) is 2. The standard InChI is InChI=1S/C26H33N5O10/c1-5-7-11-35-23(32)39-20-18(13-37-25(34)38-16(3)4)41-26(14-27,21(20)40-24(33)36-12-8-6-2)19-10-9-17-22(28)29-15-30-31(17)19/h5-6,9-10,15-16,18,20-21,23,32H,1-2,7-8,11-13H2,3-4H3,(H2,28,29,30)/t18-,20-,21-,23?,26+/m1/s1. The van der Waals surface area contributed by atoms with E-state index in [1.165, 1.54) is 23.0 Å². The summed E-state index contributed by atoms with van der Waals surface area (Å²) in [5.41, 5.74) is 4.25. The smallest absolute Gasteiger partial charge is 0.434 e. The molecule has 1 aliphatic rings. The lowest BCUT2D eigenvalue weighted by molar-refractivity contribution is -0.294. The van der Waals surface area contributed by atoms with Crippen molar-refractivity contribution in [3.63, 3.8) is 0 Å². The zero-order valence-corrected chi connectivity index (χ0v) is 22.7. The van der Waals surface area contributed by atoms with Gasteiger partial charge in [-0.15, -0.1) is 13.2 Å². The van der Waals surface area contributed by atoms with Crippen LogP contribution in [0.1, 0.15) is 32.4 Å². The van der Waals surface area contributed by atoms with E-state index >= 15 is 0 Å². The molecule has 3 N–H and O–H groups in total. The number of aliphatic hydroxyl groups is 1. The molecule has 1 fully saturated rings. The Kier molecular flexibility index (Phi) is 11.0. The van der Waals surface area contributed by atoms with Crippen LogP contribution in [0.5, 0.6) is 0 Å². The summed E-state index contributed by atoms with van der Waals surface area (Å²) in [5, 5.41) is 25.2. The molecule has 222 valence electrons. The van der Waals surface area contributed by atoms with Crippen LogP contribution in [0.25, 0.3) is 5.52 Å². The summed E-state index contributed by atoms with van der Waals surface area (Å²) in [6.45, 7) is 8.01. The van der Waals surface area contributed by atoms with E-state index in [9.17, 15) is 20.0 Å². The molecule has 1 unspecified atom stereocenters. The third-order valence-electron chi connectivity index (χ3n) is 5.75. The SMILES string of the molecule is C=CCCOC(=O)O[C@@H]1[C@H](OC(O)OCCC=C)[C@@H](COC(=O)OC(C)C)O[C@@]1(C#N)c1ccc2c(N)ncnn12. The van der Waals surface area contributed by atoms with E-state index < -0.39 is 55.4 Å². The molecule has 1 saturated heterocycles. The van der Waals surface area contributed by atoms with Gasteiger partial charge in [0.05, 0.1) is 25.0 Å². The third kappa shape index (κ3) is 7.50. The summed E-state index contributed by atoms with van der Waals surface area (Å²) in [7, 11) is 0. The fraction of sp³-hybridized carbons (Fsp3) is 0.500. The number of fused-ring (bicyclic) bond motifs is 1. The maximum absolute atomic E-state index is 12.7. The van der Waals surface area contributed by atoms with Gasteiger partial charge in [-0.05, 0) is 38.8 Å². The Hall–Kier alpha value is -4.23. The molecule has 0 radical (unpaired) electrons. The summed E-state index contributed by atoms with van der Waals surface area (Å²) in [6.07, 6.45) is -1.98. The Morgan fingerprint density at radius 2 is 1.98 bits per heavy atom. The first-order valence-corrected chi connectivity index (χ1v) is 12.7. The lowest BCUT2D eigenvalue weighted by Gasteiger charge is -2.29. The second-order valence-electron chi connectivity index (χ2n) is 8.96. The molecule has 0 amide bonds. The number of nitrogens with two attached hydrogens (primary N) is 1. The Balaban J connectivity index is 2.05. The van der Waals surface area contributed by atoms with Crippen molar-refractivity contribution in [1.29, 1.82) is 5.26 Å². The Bertz CT molecular complexity index is 1260. The Morgan fingerprint density at radius 1 is 1.24 bits per heavy atom. The minimum atomic E-state index is -2.13. The highest BCUT2D eigenvalue weighted by atomic mass is 16.8. The molecule has 2 aromatic rings. The van der Waals surface area contributed by atoms with Gasteiger partial charge in [0, 0.05) is 0 Å². The van der Waals surface area contributed by atoms with E-state index in [4.69, 9.17) is 38.9 Å². The lowest BCUT2D eigenvalue weighted by Crippen LogP contribution is -2.47. The molecule has 0 aromatic carbocycles. The van der Waals surface area contributed by atoms with Gasteiger partial charge < -0.3 is 44.0 Å². The maximum atomic E-state index is 12.7. The van der Waals surface area contributed by atoms with Gasteiger partial charge in [-0.25, -0.2) is 19.1 Å². The average molecular weight is 576 g/mol. The number of hydrogen-bond acceptors (Lipinski definition) is 14. The van der Waals surface area contributed by atoms with E-state index in [0.717, 1.165) is 0 Å². The highest BCUT2D eigenvalue weighted by molar-refractivity contribution is 5.66. The molecule has 1 aliphatic heterocycles. The molecule has 15 nitrogen and oxygen atoms in total. The van der Waals surface area contributed by atoms with Gasteiger partial charge in [0.15, 0.2) is 11.9 Å². The van der Waals surface area contributed by atoms with Gasteiger partial charge in [0.2, 0.25) is 5.60 Å². The first-order chi connectivity index (χ1) is 19.7. The molecule has 0 spiro atoms. The lowest BCUT2D eigenvalue weighted by atomic mass is 9.92. The third-order valence-corrected chi connectivity index (χ3v) is 5.75. The first kappa shape index (κ1) is 31.3. The van der Waals surface area contributed by atoms with E-state index in [1.807, 2.05) is 6.07 Å². The molecule has 3 rings (SSSR count). The predicted octanol–water partition coefficient (Wildman–Crippen LogP) is 2.34. The van der Waals surface area contributed by atoms with Crippen LogP contribution in [0.3, 0.4) is 0 Å². The summed E-state index contributed by atoms with van der Waals surface area (Å²) in [5.74, 6) is 0.105. The number of rotatable bonds is 14. The fourth-order valence-corrected chi connectivity index (χ4v) is 3.99. The number of aromatic nitrogens is 3. The van der Waals surface area contributed by atoms with Crippen molar-refractivity contribution >= 4 is 23.6 Å². The number of nitrogens with zero attached hydrogens (tertiary/aromatic N) is 4. The van der Waals surface area contributed by atoms with Crippen LogP contribution >= 0.6 is 0 Å². The molecule has 41 heavy (non-hydrogen) atoms. The molecule has 0 saturated carbocycles. The molecule has 3 heterocycles. The average Bonchev–Trinajstić information content (AvgIpc) is 3.48. The largest absolute Gasteiger partial charge is 0.508 e. The van der Waals surface area contributed by atoms with Crippen molar-refractivity contribution in [2.45, 2.75) is 63.2 Å². The van der Waals surface area contributed by atoms with Crippen LogP contribution < -0.4 is 5.73 Å². The van der Waals surface area contributed by atoms with Crippen LogP contribution in [0.15, 0.2) is 43.8 Å². The number of nitrogen functional groups attached to an aromatic ring is 1. The minimum absolute atomic E-state index is 0.0399. The number of carbonyl (C=O) groups excluding carboxylic acids is 2. The zero-order valence-electron chi connectivity index (χ0n) is 22.7. The van der Waals surface area contributed by atoms with E-state index in [2.05, 4.69) is 23.2 Å². The quantitative estimate of drug-likeness (QED) is 0.144. The zero-order chi connectivity index (χ0) is 30.0. The highest BCUT2D eigenvalue weighted by Gasteiger charge is 2.62. The molecule has 0 aliphatic carbocycles. The van der Waals surface area contributed by atoms with E-state index in [-0.39, 0.29) is 24.7 Å².